The van der Waals surface area contributed by atoms with Gasteiger partial charge in [0.05, 0.1) is 12.7 Å². The van der Waals surface area contributed by atoms with Crippen molar-refractivity contribution < 1.29 is 9.53 Å². The van der Waals surface area contributed by atoms with E-state index >= 15 is 0 Å². The summed E-state index contributed by atoms with van der Waals surface area (Å²) < 4.78 is 5.67. The number of rotatable bonds is 5. The van der Waals surface area contributed by atoms with E-state index in [-0.39, 0.29) is 5.91 Å². The van der Waals surface area contributed by atoms with Gasteiger partial charge in [-0.2, -0.15) is 0 Å². The van der Waals surface area contributed by atoms with Gasteiger partial charge in [0.1, 0.15) is 0 Å². The van der Waals surface area contributed by atoms with Crippen LogP contribution in [0.15, 0.2) is 12.2 Å². The van der Waals surface area contributed by atoms with Crippen molar-refractivity contribution in [2.45, 2.75) is 44.8 Å². The number of ether oxygens (including phenoxy) is 1. The Hall–Kier alpha value is -0.870. The smallest absolute Gasteiger partial charge is 0.243 e. The SMILES string of the molecule is CC=CC(=O)NCCOC1CCC(N)CC1. The molecule has 0 aromatic rings. The lowest BCUT2D eigenvalue weighted by Gasteiger charge is -2.26. The average Bonchev–Trinajstić information content (AvgIpc) is 2.27. The molecule has 0 aromatic carbocycles. The van der Waals surface area contributed by atoms with Crippen LogP contribution in [0.1, 0.15) is 32.6 Å². The molecule has 1 saturated carbocycles. The van der Waals surface area contributed by atoms with Crippen LogP contribution < -0.4 is 11.1 Å². The van der Waals surface area contributed by atoms with Crippen LogP contribution >= 0.6 is 0 Å². The Balaban J connectivity index is 2.01. The Kier molecular flexibility index (Phi) is 6.11. The lowest BCUT2D eigenvalue weighted by Crippen LogP contribution is -2.32. The number of nitrogens with two attached hydrogens (primary N) is 1. The summed E-state index contributed by atoms with van der Waals surface area (Å²) in [5.41, 5.74) is 5.80. The first kappa shape index (κ1) is 13.2. The van der Waals surface area contributed by atoms with Gasteiger partial charge in [-0.25, -0.2) is 0 Å². The number of hydrogen-bond donors (Lipinski definition) is 2. The van der Waals surface area contributed by atoms with Crippen molar-refractivity contribution in [1.29, 1.82) is 0 Å². The molecule has 92 valence electrons. The summed E-state index contributed by atoms with van der Waals surface area (Å²) in [4.78, 5) is 11.1. The van der Waals surface area contributed by atoms with E-state index in [0.29, 0.717) is 25.3 Å². The number of allylic oxidation sites excluding steroid dienone is 1. The molecule has 0 heterocycles. The minimum atomic E-state index is -0.0585. The van der Waals surface area contributed by atoms with Crippen molar-refractivity contribution in [3.63, 3.8) is 0 Å². The molecule has 0 saturated heterocycles. The number of hydrogen-bond acceptors (Lipinski definition) is 3. The second kappa shape index (κ2) is 7.41. The molecule has 1 fully saturated rings. The molecule has 1 rings (SSSR count). The van der Waals surface area contributed by atoms with Crippen molar-refractivity contribution in [3.05, 3.63) is 12.2 Å². The van der Waals surface area contributed by atoms with Crippen molar-refractivity contribution in [2.24, 2.45) is 5.73 Å². The predicted octanol–water partition coefficient (Wildman–Crippen LogP) is 0.965. The van der Waals surface area contributed by atoms with Gasteiger partial charge in [0.15, 0.2) is 0 Å². The fraction of sp³-hybridized carbons (Fsp3) is 0.750. The van der Waals surface area contributed by atoms with Crippen molar-refractivity contribution in [1.82, 2.24) is 5.32 Å². The highest BCUT2D eigenvalue weighted by atomic mass is 16.5. The molecule has 0 radical (unpaired) electrons. The quantitative estimate of drug-likeness (QED) is 0.542. The zero-order valence-electron chi connectivity index (χ0n) is 9.95. The van der Waals surface area contributed by atoms with Crippen LogP contribution in [0.25, 0.3) is 0 Å². The van der Waals surface area contributed by atoms with Gasteiger partial charge in [-0.05, 0) is 38.7 Å². The maximum Gasteiger partial charge on any atom is 0.243 e. The minimum absolute atomic E-state index is 0.0585. The summed E-state index contributed by atoms with van der Waals surface area (Å²) in [6.45, 7) is 2.98. The Morgan fingerprint density at radius 1 is 1.44 bits per heavy atom. The van der Waals surface area contributed by atoms with Crippen LogP contribution in [0.3, 0.4) is 0 Å². The van der Waals surface area contributed by atoms with Gasteiger partial charge in [0.2, 0.25) is 5.91 Å². The largest absolute Gasteiger partial charge is 0.376 e. The van der Waals surface area contributed by atoms with E-state index < -0.39 is 0 Å². The van der Waals surface area contributed by atoms with Crippen LogP contribution in [-0.2, 0) is 9.53 Å². The lowest BCUT2D eigenvalue weighted by molar-refractivity contribution is -0.116. The summed E-state index contributed by atoms with van der Waals surface area (Å²) >= 11 is 0. The van der Waals surface area contributed by atoms with Gasteiger partial charge in [-0.1, -0.05) is 6.08 Å². The Morgan fingerprint density at radius 2 is 2.12 bits per heavy atom. The molecular formula is C12H22N2O2. The fourth-order valence-corrected chi connectivity index (χ4v) is 1.87. The predicted molar refractivity (Wildman–Crippen MR) is 64.0 cm³/mol. The molecule has 16 heavy (non-hydrogen) atoms. The first-order valence-corrected chi connectivity index (χ1v) is 6.00. The molecule has 0 spiro atoms. The van der Waals surface area contributed by atoms with E-state index in [1.54, 1.807) is 6.08 Å². The molecule has 0 aliphatic heterocycles. The third-order valence-corrected chi connectivity index (χ3v) is 2.79. The molecule has 0 bridgehead atoms. The van der Waals surface area contributed by atoms with Gasteiger partial charge >= 0.3 is 0 Å². The second-order valence-electron chi connectivity index (χ2n) is 4.20. The number of carbonyl (C=O) groups excluding carboxylic acids is 1. The summed E-state index contributed by atoms with van der Waals surface area (Å²) in [5.74, 6) is -0.0585. The van der Waals surface area contributed by atoms with Gasteiger partial charge in [-0.3, -0.25) is 4.79 Å². The zero-order valence-corrected chi connectivity index (χ0v) is 9.95. The number of nitrogens with one attached hydrogen (secondary N) is 1. The van der Waals surface area contributed by atoms with Crippen molar-refractivity contribution in [2.75, 3.05) is 13.2 Å². The maximum atomic E-state index is 11.1. The first-order valence-electron chi connectivity index (χ1n) is 6.00. The minimum Gasteiger partial charge on any atom is -0.376 e. The lowest BCUT2D eigenvalue weighted by atomic mass is 9.94. The zero-order chi connectivity index (χ0) is 11.8. The van der Waals surface area contributed by atoms with Crippen LogP contribution in [-0.4, -0.2) is 31.2 Å². The molecule has 0 unspecified atom stereocenters. The Labute approximate surface area is 97.2 Å². The molecule has 4 nitrogen and oxygen atoms in total. The van der Waals surface area contributed by atoms with Crippen LogP contribution in [0.5, 0.6) is 0 Å². The maximum absolute atomic E-state index is 11.1. The van der Waals surface area contributed by atoms with E-state index in [1.807, 2.05) is 6.92 Å². The van der Waals surface area contributed by atoms with Crippen molar-refractivity contribution in [3.8, 4) is 0 Å². The molecular weight excluding hydrogens is 204 g/mol. The molecule has 1 amide bonds. The second-order valence-corrected chi connectivity index (χ2v) is 4.20. The highest BCUT2D eigenvalue weighted by Crippen LogP contribution is 2.19. The third-order valence-electron chi connectivity index (χ3n) is 2.79. The summed E-state index contributed by atoms with van der Waals surface area (Å²) in [7, 11) is 0. The van der Waals surface area contributed by atoms with Crippen molar-refractivity contribution >= 4 is 5.91 Å². The van der Waals surface area contributed by atoms with Crippen LogP contribution in [0.4, 0.5) is 0 Å². The van der Waals surface area contributed by atoms with E-state index in [1.165, 1.54) is 6.08 Å². The van der Waals surface area contributed by atoms with E-state index in [2.05, 4.69) is 5.32 Å². The highest BCUT2D eigenvalue weighted by molar-refractivity contribution is 5.87. The monoisotopic (exact) mass is 226 g/mol. The van der Waals surface area contributed by atoms with Crippen LogP contribution in [0, 0.1) is 0 Å². The Morgan fingerprint density at radius 3 is 2.75 bits per heavy atom. The standard InChI is InChI=1S/C12H22N2O2/c1-2-3-12(15)14-8-9-16-11-6-4-10(13)5-7-11/h2-3,10-11H,4-9,13H2,1H3,(H,14,15). The Bertz CT molecular complexity index is 233. The number of carbonyl (C=O) groups is 1. The molecule has 0 aromatic heterocycles. The molecule has 4 heteroatoms. The van der Waals surface area contributed by atoms with Gasteiger partial charge < -0.3 is 15.8 Å². The first-order chi connectivity index (χ1) is 7.72. The van der Waals surface area contributed by atoms with E-state index in [9.17, 15) is 4.79 Å². The third kappa shape index (κ3) is 5.28. The summed E-state index contributed by atoms with van der Waals surface area (Å²) in [5, 5.41) is 2.76. The van der Waals surface area contributed by atoms with E-state index in [0.717, 1.165) is 25.7 Å². The molecule has 3 N–H and O–H groups in total. The van der Waals surface area contributed by atoms with Gasteiger partial charge in [0.25, 0.3) is 0 Å². The highest BCUT2D eigenvalue weighted by Gasteiger charge is 2.18. The average molecular weight is 226 g/mol. The number of amides is 1. The molecule has 1 aliphatic rings. The van der Waals surface area contributed by atoms with Gasteiger partial charge in [-0.15, -0.1) is 0 Å². The van der Waals surface area contributed by atoms with E-state index in [4.69, 9.17) is 10.5 Å². The molecule has 1 aliphatic carbocycles. The van der Waals surface area contributed by atoms with Crippen LogP contribution in [0.2, 0.25) is 0 Å². The fourth-order valence-electron chi connectivity index (χ4n) is 1.87. The normalized spacial score (nSPS) is 25.9. The topological polar surface area (TPSA) is 64.3 Å². The summed E-state index contributed by atoms with van der Waals surface area (Å²) in [6, 6.07) is 0.356. The summed E-state index contributed by atoms with van der Waals surface area (Å²) in [6.07, 6.45) is 7.76. The van der Waals surface area contributed by atoms with Gasteiger partial charge in [0, 0.05) is 12.6 Å². The molecule has 0 atom stereocenters.